The number of anilines is 1. The Balaban J connectivity index is 2.93. The topological polar surface area (TPSA) is 56.2 Å². The van der Waals surface area contributed by atoms with Gasteiger partial charge in [0.1, 0.15) is 5.58 Å². The highest BCUT2D eigenvalue weighted by molar-refractivity contribution is 5.90. The van der Waals surface area contributed by atoms with Crippen LogP contribution in [0.15, 0.2) is 33.5 Å². The minimum absolute atomic E-state index is 0.393. The molecule has 0 aliphatic heterocycles. The molecule has 2 N–H and O–H groups in total. The molecule has 3 nitrogen and oxygen atoms in total. The van der Waals surface area contributed by atoms with Crippen molar-refractivity contribution in [2.45, 2.75) is 13.3 Å². The van der Waals surface area contributed by atoms with Gasteiger partial charge in [0.2, 0.25) is 0 Å². The molecule has 0 fully saturated rings. The van der Waals surface area contributed by atoms with Crippen LogP contribution >= 0.6 is 0 Å². The van der Waals surface area contributed by atoms with Crippen LogP contribution in [0.2, 0.25) is 0 Å². The van der Waals surface area contributed by atoms with E-state index in [0.717, 1.165) is 17.4 Å². The summed E-state index contributed by atoms with van der Waals surface area (Å²) < 4.78 is 5.13. The SMILES string of the molecule is CCc1cccc2c(N)cc(=O)oc12. The molecule has 2 rings (SSSR count). The van der Waals surface area contributed by atoms with Crippen molar-refractivity contribution >= 4 is 16.7 Å². The van der Waals surface area contributed by atoms with E-state index < -0.39 is 5.63 Å². The molecule has 0 aliphatic rings. The third kappa shape index (κ3) is 1.27. The van der Waals surface area contributed by atoms with E-state index in [9.17, 15) is 4.79 Å². The first-order chi connectivity index (χ1) is 6.72. The number of nitrogen functional groups attached to an aromatic ring is 1. The molecule has 3 heteroatoms. The van der Waals surface area contributed by atoms with Gasteiger partial charge < -0.3 is 10.2 Å². The predicted molar refractivity (Wildman–Crippen MR) is 56.3 cm³/mol. The van der Waals surface area contributed by atoms with Crippen molar-refractivity contribution in [3.05, 3.63) is 40.2 Å². The molecule has 1 aromatic heterocycles. The fourth-order valence-corrected chi connectivity index (χ4v) is 1.55. The molecule has 0 spiro atoms. The van der Waals surface area contributed by atoms with E-state index in [1.807, 2.05) is 25.1 Å². The molecule has 0 radical (unpaired) electrons. The van der Waals surface area contributed by atoms with Gasteiger partial charge in [0.05, 0.1) is 0 Å². The molecule has 0 amide bonds. The predicted octanol–water partition coefficient (Wildman–Crippen LogP) is 1.94. The fourth-order valence-electron chi connectivity index (χ4n) is 1.55. The lowest BCUT2D eigenvalue weighted by molar-refractivity contribution is 0.558. The van der Waals surface area contributed by atoms with Crippen molar-refractivity contribution in [2.75, 3.05) is 5.73 Å². The minimum Gasteiger partial charge on any atom is -0.422 e. The van der Waals surface area contributed by atoms with Gasteiger partial charge in [0.25, 0.3) is 0 Å². The van der Waals surface area contributed by atoms with E-state index in [4.69, 9.17) is 10.2 Å². The second kappa shape index (κ2) is 3.18. The van der Waals surface area contributed by atoms with Crippen molar-refractivity contribution in [3.8, 4) is 0 Å². The van der Waals surface area contributed by atoms with Crippen molar-refractivity contribution in [2.24, 2.45) is 0 Å². The van der Waals surface area contributed by atoms with E-state index in [-0.39, 0.29) is 0 Å². The Hall–Kier alpha value is -1.77. The Morgan fingerprint density at radius 1 is 1.43 bits per heavy atom. The molecule has 0 atom stereocenters. The van der Waals surface area contributed by atoms with Crippen LogP contribution in [-0.2, 0) is 6.42 Å². The number of hydrogen-bond acceptors (Lipinski definition) is 3. The summed E-state index contributed by atoms with van der Waals surface area (Å²) in [7, 11) is 0. The van der Waals surface area contributed by atoms with Gasteiger partial charge >= 0.3 is 5.63 Å². The highest BCUT2D eigenvalue weighted by Crippen LogP contribution is 2.22. The molecule has 0 bridgehead atoms. The van der Waals surface area contributed by atoms with Crippen LogP contribution in [0.5, 0.6) is 0 Å². The maximum atomic E-state index is 11.1. The second-order valence-corrected chi connectivity index (χ2v) is 3.17. The van der Waals surface area contributed by atoms with Crippen LogP contribution in [0.4, 0.5) is 5.69 Å². The van der Waals surface area contributed by atoms with Gasteiger partial charge in [0, 0.05) is 17.1 Å². The first-order valence-corrected chi connectivity index (χ1v) is 4.53. The highest BCUT2D eigenvalue weighted by Gasteiger charge is 2.05. The number of hydrogen-bond donors (Lipinski definition) is 1. The summed E-state index contributed by atoms with van der Waals surface area (Å²) in [5.74, 6) is 0. The Bertz CT molecular complexity index is 528. The lowest BCUT2D eigenvalue weighted by atomic mass is 10.1. The van der Waals surface area contributed by atoms with Crippen molar-refractivity contribution in [3.63, 3.8) is 0 Å². The summed E-state index contributed by atoms with van der Waals surface area (Å²) in [5, 5.41) is 0.809. The first-order valence-electron chi connectivity index (χ1n) is 4.53. The Morgan fingerprint density at radius 3 is 2.93 bits per heavy atom. The Labute approximate surface area is 81.1 Å². The Morgan fingerprint density at radius 2 is 2.21 bits per heavy atom. The molecule has 0 saturated carbocycles. The molecule has 0 saturated heterocycles. The molecule has 14 heavy (non-hydrogen) atoms. The molecule has 0 unspecified atom stereocenters. The van der Waals surface area contributed by atoms with E-state index in [1.54, 1.807) is 0 Å². The monoisotopic (exact) mass is 189 g/mol. The van der Waals surface area contributed by atoms with E-state index in [2.05, 4.69) is 0 Å². The standard InChI is InChI=1S/C11H11NO2/c1-2-7-4-3-5-8-9(12)6-10(13)14-11(7)8/h3-6H,2,12H2,1H3. The Kier molecular flexibility index (Phi) is 2.00. The van der Waals surface area contributed by atoms with Crippen molar-refractivity contribution in [1.82, 2.24) is 0 Å². The van der Waals surface area contributed by atoms with Crippen LogP contribution in [0.3, 0.4) is 0 Å². The lowest BCUT2D eigenvalue weighted by Gasteiger charge is -2.03. The summed E-state index contributed by atoms with van der Waals surface area (Å²) in [6.45, 7) is 2.01. The average Bonchev–Trinajstić information content (AvgIpc) is 2.17. The average molecular weight is 189 g/mol. The van der Waals surface area contributed by atoms with Gasteiger partial charge in [-0.05, 0) is 18.1 Å². The lowest BCUT2D eigenvalue weighted by Crippen LogP contribution is -2.01. The van der Waals surface area contributed by atoms with Crippen molar-refractivity contribution < 1.29 is 4.42 Å². The highest BCUT2D eigenvalue weighted by atomic mass is 16.4. The maximum Gasteiger partial charge on any atom is 0.338 e. The molecule has 1 aromatic carbocycles. The second-order valence-electron chi connectivity index (χ2n) is 3.17. The summed E-state index contributed by atoms with van der Waals surface area (Å²) >= 11 is 0. The zero-order chi connectivity index (χ0) is 10.1. The van der Waals surface area contributed by atoms with Crippen LogP contribution in [-0.4, -0.2) is 0 Å². The van der Waals surface area contributed by atoms with Crippen LogP contribution in [0.25, 0.3) is 11.0 Å². The normalized spacial score (nSPS) is 10.6. The number of fused-ring (bicyclic) bond motifs is 1. The van der Waals surface area contributed by atoms with Gasteiger partial charge in [-0.3, -0.25) is 0 Å². The zero-order valence-electron chi connectivity index (χ0n) is 7.91. The quantitative estimate of drug-likeness (QED) is 0.697. The maximum absolute atomic E-state index is 11.1. The van der Waals surface area contributed by atoms with Gasteiger partial charge in [-0.15, -0.1) is 0 Å². The van der Waals surface area contributed by atoms with Crippen LogP contribution < -0.4 is 11.4 Å². The molecule has 1 heterocycles. The third-order valence-electron chi connectivity index (χ3n) is 2.26. The number of aryl methyl sites for hydroxylation is 1. The number of rotatable bonds is 1. The van der Waals surface area contributed by atoms with Crippen molar-refractivity contribution in [1.29, 1.82) is 0 Å². The number of para-hydroxylation sites is 1. The van der Waals surface area contributed by atoms with E-state index in [0.29, 0.717) is 11.3 Å². The van der Waals surface area contributed by atoms with Gasteiger partial charge in [-0.2, -0.15) is 0 Å². The van der Waals surface area contributed by atoms with Gasteiger partial charge in [-0.25, -0.2) is 4.79 Å². The fraction of sp³-hybridized carbons (Fsp3) is 0.182. The number of nitrogens with two attached hydrogens (primary N) is 1. The smallest absolute Gasteiger partial charge is 0.338 e. The molecule has 2 aromatic rings. The summed E-state index contributed by atoms with van der Waals surface area (Å²) in [5.41, 5.74) is 7.42. The van der Waals surface area contributed by atoms with E-state index in [1.165, 1.54) is 6.07 Å². The van der Waals surface area contributed by atoms with Gasteiger partial charge in [-0.1, -0.05) is 19.1 Å². The zero-order valence-corrected chi connectivity index (χ0v) is 7.91. The van der Waals surface area contributed by atoms with Gasteiger partial charge in [0.15, 0.2) is 0 Å². The van der Waals surface area contributed by atoms with Crippen LogP contribution in [0, 0.1) is 0 Å². The first kappa shape index (κ1) is 8.81. The molecule has 72 valence electrons. The number of benzene rings is 1. The summed E-state index contributed by atoms with van der Waals surface area (Å²) in [6.07, 6.45) is 0.823. The molecular formula is C11H11NO2. The largest absolute Gasteiger partial charge is 0.422 e. The van der Waals surface area contributed by atoms with Crippen LogP contribution in [0.1, 0.15) is 12.5 Å². The molecular weight excluding hydrogens is 178 g/mol. The summed E-state index contributed by atoms with van der Waals surface area (Å²) in [4.78, 5) is 11.1. The summed E-state index contributed by atoms with van der Waals surface area (Å²) in [6, 6.07) is 7.01. The molecule has 0 aliphatic carbocycles. The van der Waals surface area contributed by atoms with E-state index >= 15 is 0 Å². The minimum atomic E-state index is -0.393. The third-order valence-corrected chi connectivity index (χ3v) is 2.26.